The molecule has 1 amide bonds. The van der Waals surface area contributed by atoms with Crippen molar-refractivity contribution >= 4 is 28.9 Å². The number of hydrogen-bond donors (Lipinski definition) is 2. The molecule has 1 fully saturated rings. The topological polar surface area (TPSA) is 75.1 Å². The number of nitrogens with one attached hydrogen (secondary N) is 2. The Kier molecular flexibility index (Phi) is 6.77. The van der Waals surface area contributed by atoms with Crippen molar-refractivity contribution in [1.29, 1.82) is 0 Å². The summed E-state index contributed by atoms with van der Waals surface area (Å²) in [5.41, 5.74) is 6.22. The van der Waals surface area contributed by atoms with Crippen LogP contribution in [0.1, 0.15) is 40.3 Å². The van der Waals surface area contributed by atoms with E-state index in [0.717, 1.165) is 34.9 Å². The molecule has 7 nitrogen and oxygen atoms in total. The summed E-state index contributed by atoms with van der Waals surface area (Å²) in [5, 5.41) is 6.97. The summed E-state index contributed by atoms with van der Waals surface area (Å²) in [7, 11) is 0. The van der Waals surface area contributed by atoms with Gasteiger partial charge >= 0.3 is 0 Å². The van der Waals surface area contributed by atoms with Gasteiger partial charge in [-0.05, 0) is 79.7 Å². The summed E-state index contributed by atoms with van der Waals surface area (Å²) in [4.78, 5) is 23.8. The molecule has 0 saturated carbocycles. The van der Waals surface area contributed by atoms with Gasteiger partial charge in [0, 0.05) is 42.2 Å². The zero-order valence-corrected chi connectivity index (χ0v) is 21.1. The number of nitrogens with zero attached hydrogens (tertiary/aromatic N) is 4. The molecule has 2 N–H and O–H groups in total. The SMILES string of the molecule is Cc1cc([C@@H]2[C@H](c3ccccn3)NC(=S)N2CC(=O)Nc2ccccc2)c(C)n1Cc1ccncc1. The first-order valence-corrected chi connectivity index (χ1v) is 12.3. The van der Waals surface area contributed by atoms with E-state index in [2.05, 4.69) is 45.1 Å². The lowest BCUT2D eigenvalue weighted by Gasteiger charge is -2.27. The summed E-state index contributed by atoms with van der Waals surface area (Å²) in [6, 6.07) is 21.2. The number of benzene rings is 1. The number of anilines is 1. The maximum absolute atomic E-state index is 13.1. The molecular weight excluding hydrogens is 468 g/mol. The van der Waals surface area contributed by atoms with Crippen LogP contribution in [0, 0.1) is 13.8 Å². The van der Waals surface area contributed by atoms with E-state index in [9.17, 15) is 4.79 Å². The second kappa shape index (κ2) is 10.3. The van der Waals surface area contributed by atoms with E-state index in [4.69, 9.17) is 12.2 Å². The molecule has 4 aromatic rings. The minimum Gasteiger partial charge on any atom is -0.352 e. The van der Waals surface area contributed by atoms with Crippen molar-refractivity contribution in [1.82, 2.24) is 24.8 Å². The first kappa shape index (κ1) is 23.7. The molecular formula is C28H28N6OS. The zero-order valence-electron chi connectivity index (χ0n) is 20.3. The highest BCUT2D eigenvalue weighted by molar-refractivity contribution is 7.80. The number of amides is 1. The molecule has 1 aliphatic rings. The van der Waals surface area contributed by atoms with Crippen LogP contribution in [0.2, 0.25) is 0 Å². The molecule has 182 valence electrons. The molecule has 2 atom stereocenters. The van der Waals surface area contributed by atoms with E-state index < -0.39 is 0 Å². The molecule has 0 aliphatic carbocycles. The Morgan fingerprint density at radius 3 is 2.50 bits per heavy atom. The minimum atomic E-state index is -0.189. The van der Waals surface area contributed by atoms with Crippen LogP contribution >= 0.6 is 12.2 Å². The molecule has 0 bridgehead atoms. The normalized spacial score (nSPS) is 17.2. The fourth-order valence-corrected chi connectivity index (χ4v) is 5.14. The van der Waals surface area contributed by atoms with Crippen molar-refractivity contribution in [3.8, 4) is 0 Å². The third-order valence-corrected chi connectivity index (χ3v) is 6.94. The predicted molar refractivity (Wildman–Crippen MR) is 144 cm³/mol. The Balaban J connectivity index is 1.49. The van der Waals surface area contributed by atoms with Gasteiger partial charge in [-0.1, -0.05) is 24.3 Å². The van der Waals surface area contributed by atoms with Crippen molar-refractivity contribution < 1.29 is 4.79 Å². The minimum absolute atomic E-state index is 0.123. The molecule has 5 rings (SSSR count). The standard InChI is InChI=1S/C28H28N6OS/c1-19-16-23(20(2)33(19)17-21-11-14-29-15-12-21)27-26(24-10-6-7-13-30-24)32-28(36)34(27)18-25(35)31-22-8-4-3-5-9-22/h3-16,26-27H,17-18H2,1-2H3,(H,31,35)(H,32,36)/t26-,27+/m0/s1. The first-order chi connectivity index (χ1) is 17.5. The van der Waals surface area contributed by atoms with Crippen molar-refractivity contribution in [3.63, 3.8) is 0 Å². The van der Waals surface area contributed by atoms with E-state index in [1.165, 1.54) is 5.56 Å². The van der Waals surface area contributed by atoms with Gasteiger partial charge in [0.25, 0.3) is 0 Å². The second-order valence-corrected chi connectivity index (χ2v) is 9.32. The van der Waals surface area contributed by atoms with Crippen LogP contribution < -0.4 is 10.6 Å². The van der Waals surface area contributed by atoms with Gasteiger partial charge in [-0.25, -0.2) is 0 Å². The highest BCUT2D eigenvalue weighted by atomic mass is 32.1. The van der Waals surface area contributed by atoms with Crippen LogP contribution in [-0.4, -0.2) is 37.0 Å². The molecule has 8 heteroatoms. The Hall–Kier alpha value is -4.04. The average molecular weight is 497 g/mol. The second-order valence-electron chi connectivity index (χ2n) is 8.94. The lowest BCUT2D eigenvalue weighted by molar-refractivity contribution is -0.116. The van der Waals surface area contributed by atoms with E-state index in [1.807, 2.05) is 78.0 Å². The maximum Gasteiger partial charge on any atom is 0.244 e. The van der Waals surface area contributed by atoms with Crippen molar-refractivity contribution in [2.24, 2.45) is 0 Å². The molecule has 36 heavy (non-hydrogen) atoms. The quantitative estimate of drug-likeness (QED) is 0.366. The Labute approximate surface area is 216 Å². The first-order valence-electron chi connectivity index (χ1n) is 11.9. The zero-order chi connectivity index (χ0) is 25.1. The van der Waals surface area contributed by atoms with Crippen molar-refractivity contribution in [3.05, 3.63) is 114 Å². The number of pyridine rings is 2. The van der Waals surface area contributed by atoms with E-state index in [0.29, 0.717) is 5.11 Å². The molecule has 0 unspecified atom stereocenters. The number of carbonyl (C=O) groups is 1. The van der Waals surface area contributed by atoms with Crippen LogP contribution in [0.3, 0.4) is 0 Å². The van der Waals surface area contributed by atoms with Gasteiger partial charge < -0.3 is 20.1 Å². The molecule has 3 aromatic heterocycles. The van der Waals surface area contributed by atoms with Crippen LogP contribution in [-0.2, 0) is 11.3 Å². The van der Waals surface area contributed by atoms with Gasteiger partial charge in [-0.3, -0.25) is 14.8 Å². The number of rotatable bonds is 7. The summed E-state index contributed by atoms with van der Waals surface area (Å²) >= 11 is 5.76. The number of carbonyl (C=O) groups excluding carboxylic acids is 1. The van der Waals surface area contributed by atoms with Crippen molar-refractivity contribution in [2.75, 3.05) is 11.9 Å². The van der Waals surface area contributed by atoms with Gasteiger partial charge in [-0.15, -0.1) is 0 Å². The Bertz CT molecular complexity index is 1360. The van der Waals surface area contributed by atoms with Crippen LogP contribution in [0.25, 0.3) is 0 Å². The molecule has 1 saturated heterocycles. The number of para-hydroxylation sites is 1. The smallest absolute Gasteiger partial charge is 0.244 e. The van der Waals surface area contributed by atoms with Gasteiger partial charge in [0.2, 0.25) is 5.91 Å². The summed E-state index contributed by atoms with van der Waals surface area (Å²) < 4.78 is 2.30. The maximum atomic E-state index is 13.1. The molecule has 1 aliphatic heterocycles. The average Bonchev–Trinajstić information content (AvgIpc) is 3.36. The van der Waals surface area contributed by atoms with E-state index in [-0.39, 0.29) is 24.5 Å². The lowest BCUT2D eigenvalue weighted by atomic mass is 9.96. The third kappa shape index (κ3) is 4.85. The predicted octanol–water partition coefficient (Wildman–Crippen LogP) is 4.55. The fourth-order valence-electron chi connectivity index (χ4n) is 4.83. The molecule has 0 radical (unpaired) electrons. The lowest BCUT2D eigenvalue weighted by Crippen LogP contribution is -2.37. The van der Waals surface area contributed by atoms with E-state index in [1.54, 1.807) is 6.20 Å². The van der Waals surface area contributed by atoms with Crippen LogP contribution in [0.15, 0.2) is 85.3 Å². The summed E-state index contributed by atoms with van der Waals surface area (Å²) in [5.74, 6) is -0.123. The number of aromatic nitrogens is 3. The number of hydrogen-bond acceptors (Lipinski definition) is 4. The Morgan fingerprint density at radius 1 is 1.03 bits per heavy atom. The van der Waals surface area contributed by atoms with Gasteiger partial charge in [0.1, 0.15) is 6.54 Å². The Morgan fingerprint density at radius 2 is 1.78 bits per heavy atom. The van der Waals surface area contributed by atoms with Gasteiger partial charge in [0.05, 0.1) is 17.8 Å². The number of thiocarbonyl (C=S) groups is 1. The molecule has 1 aromatic carbocycles. The third-order valence-electron chi connectivity index (χ3n) is 6.59. The highest BCUT2D eigenvalue weighted by Crippen LogP contribution is 2.40. The summed E-state index contributed by atoms with van der Waals surface area (Å²) in [6.07, 6.45) is 5.41. The van der Waals surface area contributed by atoms with Crippen LogP contribution in [0.5, 0.6) is 0 Å². The highest BCUT2D eigenvalue weighted by Gasteiger charge is 2.42. The monoisotopic (exact) mass is 496 g/mol. The van der Waals surface area contributed by atoms with Crippen molar-refractivity contribution in [2.45, 2.75) is 32.5 Å². The molecule has 4 heterocycles. The van der Waals surface area contributed by atoms with Gasteiger partial charge in [-0.2, -0.15) is 0 Å². The van der Waals surface area contributed by atoms with Gasteiger partial charge in [0.15, 0.2) is 5.11 Å². The van der Waals surface area contributed by atoms with E-state index >= 15 is 0 Å². The molecule has 0 spiro atoms. The fraction of sp³-hybridized carbons (Fsp3) is 0.214. The summed E-state index contributed by atoms with van der Waals surface area (Å²) in [6.45, 7) is 5.11. The largest absolute Gasteiger partial charge is 0.352 e. The van der Waals surface area contributed by atoms with Crippen LogP contribution in [0.4, 0.5) is 5.69 Å². The number of aryl methyl sites for hydroxylation is 1.